The predicted molar refractivity (Wildman–Crippen MR) is 113 cm³/mol. The van der Waals surface area contributed by atoms with E-state index in [1.807, 2.05) is 22.6 Å². The average molecular weight is 536 g/mol. The Bertz CT molecular complexity index is 305. The molecule has 2 amide bonds. The van der Waals surface area contributed by atoms with E-state index in [4.69, 9.17) is 6.42 Å². The van der Waals surface area contributed by atoms with Gasteiger partial charge in [-0.25, -0.2) is 0 Å². The van der Waals surface area contributed by atoms with Crippen LogP contribution in [-0.4, -0.2) is 33.8 Å². The van der Waals surface area contributed by atoms with Gasteiger partial charge in [0.05, 0.1) is 8.86 Å². The van der Waals surface area contributed by atoms with Crippen molar-refractivity contribution in [1.82, 2.24) is 10.6 Å². The second-order valence-corrected chi connectivity index (χ2v) is 5.86. The number of hydrogen-bond acceptors (Lipinski definition) is 2. The topological polar surface area (TPSA) is 58.2 Å². The predicted octanol–water partition coefficient (Wildman–Crippen LogP) is 3.71. The number of hydrogen-bond donors (Lipinski definition) is 2. The third kappa shape index (κ3) is 24.9. The Balaban J connectivity index is -0.000000315. The van der Waals surface area contributed by atoms with E-state index in [9.17, 15) is 9.59 Å². The van der Waals surface area contributed by atoms with Gasteiger partial charge in [0.1, 0.15) is 0 Å². The van der Waals surface area contributed by atoms with Crippen molar-refractivity contribution in [3.63, 3.8) is 0 Å². The summed E-state index contributed by atoms with van der Waals surface area (Å²) in [7, 11) is 0. The molecule has 0 unspecified atom stereocenters. The molecule has 0 aromatic carbocycles. The van der Waals surface area contributed by atoms with Gasteiger partial charge in [-0.3, -0.25) is 9.59 Å². The highest BCUT2D eigenvalue weighted by Crippen LogP contribution is 1.92. The summed E-state index contributed by atoms with van der Waals surface area (Å²) in [5.74, 6) is 2.81. The van der Waals surface area contributed by atoms with Crippen LogP contribution in [0.25, 0.3) is 0 Å². The van der Waals surface area contributed by atoms with Gasteiger partial charge in [-0.2, -0.15) is 0 Å². The normalized spacial score (nSPS) is 8.64. The van der Waals surface area contributed by atoms with Gasteiger partial charge in [0, 0.05) is 19.5 Å². The highest BCUT2D eigenvalue weighted by atomic mass is 127. The zero-order valence-corrected chi connectivity index (χ0v) is 17.0. The van der Waals surface area contributed by atoms with Crippen LogP contribution in [0.5, 0.6) is 0 Å². The SMILES string of the molecule is C.C#CCCCCNC(=O)CI.CCCCCNC(=O)CI. The molecule has 0 aliphatic rings. The average Bonchev–Trinajstić information content (AvgIpc) is 2.51. The first-order chi connectivity index (χ1) is 10.1. The molecule has 0 atom stereocenters. The second-order valence-electron chi connectivity index (χ2n) is 4.34. The number of carbonyl (C=O) groups is 2. The van der Waals surface area contributed by atoms with Gasteiger partial charge in [-0.15, -0.1) is 12.3 Å². The number of nitrogens with one attached hydrogen (secondary N) is 2. The van der Waals surface area contributed by atoms with E-state index < -0.39 is 0 Å². The van der Waals surface area contributed by atoms with Crippen LogP contribution < -0.4 is 10.6 Å². The second kappa shape index (κ2) is 23.2. The molecule has 0 fully saturated rings. The molecule has 0 aliphatic carbocycles. The Morgan fingerprint density at radius 2 is 1.41 bits per heavy atom. The van der Waals surface area contributed by atoms with Crippen molar-refractivity contribution in [2.24, 2.45) is 0 Å². The van der Waals surface area contributed by atoms with Crippen LogP contribution in [0.1, 0.15) is 52.9 Å². The summed E-state index contributed by atoms with van der Waals surface area (Å²) in [5, 5.41) is 5.60. The van der Waals surface area contributed by atoms with Gasteiger partial charge in [-0.05, 0) is 19.3 Å². The summed E-state index contributed by atoms with van der Waals surface area (Å²) in [5.41, 5.74) is 0. The number of unbranched alkanes of at least 4 members (excludes halogenated alkanes) is 4. The third-order valence-corrected chi connectivity index (χ3v) is 3.80. The zero-order valence-electron chi connectivity index (χ0n) is 12.7. The summed E-state index contributed by atoms with van der Waals surface area (Å²) >= 11 is 4.10. The van der Waals surface area contributed by atoms with Crippen LogP contribution in [0.4, 0.5) is 0 Å². The van der Waals surface area contributed by atoms with Gasteiger partial charge in [-0.1, -0.05) is 72.4 Å². The molecule has 0 rings (SSSR count). The molecule has 0 saturated heterocycles. The molecule has 0 aliphatic heterocycles. The summed E-state index contributed by atoms with van der Waals surface area (Å²) in [6, 6.07) is 0. The molecule has 6 heteroatoms. The van der Waals surface area contributed by atoms with Crippen LogP contribution in [0.15, 0.2) is 0 Å². The molecule has 0 radical (unpaired) electrons. The van der Waals surface area contributed by atoms with E-state index in [2.05, 4.69) is 46.1 Å². The lowest BCUT2D eigenvalue weighted by Gasteiger charge is -2.00. The van der Waals surface area contributed by atoms with Crippen molar-refractivity contribution in [1.29, 1.82) is 0 Å². The Morgan fingerprint density at radius 1 is 0.955 bits per heavy atom. The van der Waals surface area contributed by atoms with Crippen LogP contribution in [-0.2, 0) is 9.59 Å². The highest BCUT2D eigenvalue weighted by Gasteiger charge is 1.95. The highest BCUT2D eigenvalue weighted by molar-refractivity contribution is 14.1. The van der Waals surface area contributed by atoms with Crippen LogP contribution in [0.3, 0.4) is 0 Å². The summed E-state index contributed by atoms with van der Waals surface area (Å²) in [6.07, 6.45) is 11.4. The fourth-order valence-electron chi connectivity index (χ4n) is 1.28. The van der Waals surface area contributed by atoms with Gasteiger partial charge < -0.3 is 10.6 Å². The van der Waals surface area contributed by atoms with E-state index in [-0.39, 0.29) is 19.2 Å². The van der Waals surface area contributed by atoms with Crippen LogP contribution in [0.2, 0.25) is 0 Å². The number of alkyl halides is 2. The number of amides is 2. The first-order valence-electron chi connectivity index (χ1n) is 7.21. The van der Waals surface area contributed by atoms with Crippen molar-refractivity contribution in [3.05, 3.63) is 0 Å². The molecule has 22 heavy (non-hydrogen) atoms. The lowest BCUT2D eigenvalue weighted by molar-refractivity contribution is -0.119. The fraction of sp³-hybridized carbons (Fsp3) is 0.750. The van der Waals surface area contributed by atoms with Gasteiger partial charge in [0.2, 0.25) is 11.8 Å². The summed E-state index contributed by atoms with van der Waals surface area (Å²) in [4.78, 5) is 21.3. The lowest BCUT2D eigenvalue weighted by atomic mass is 10.2. The van der Waals surface area contributed by atoms with E-state index in [0.29, 0.717) is 8.86 Å². The Kier molecular flexibility index (Phi) is 28.3. The lowest BCUT2D eigenvalue weighted by Crippen LogP contribution is -2.24. The number of carbonyl (C=O) groups excluding carboxylic acids is 2. The van der Waals surface area contributed by atoms with E-state index in [1.54, 1.807) is 0 Å². The molecule has 4 nitrogen and oxygen atoms in total. The maximum atomic E-state index is 10.7. The third-order valence-electron chi connectivity index (χ3n) is 2.42. The number of halogens is 2. The molecule has 2 N–H and O–H groups in total. The van der Waals surface area contributed by atoms with Gasteiger partial charge in [0.25, 0.3) is 0 Å². The van der Waals surface area contributed by atoms with Crippen molar-refractivity contribution >= 4 is 57.0 Å². The maximum absolute atomic E-state index is 10.7. The molecular formula is C16H30I2N2O2. The molecule has 0 saturated carbocycles. The van der Waals surface area contributed by atoms with Crippen molar-refractivity contribution < 1.29 is 9.59 Å². The summed E-state index contributed by atoms with van der Waals surface area (Å²) in [6.45, 7) is 3.75. The molecule has 130 valence electrons. The maximum Gasteiger partial charge on any atom is 0.229 e. The molecule has 0 aromatic heterocycles. The summed E-state index contributed by atoms with van der Waals surface area (Å²) < 4.78 is 1.11. The van der Waals surface area contributed by atoms with Crippen LogP contribution >= 0.6 is 45.2 Å². The minimum Gasteiger partial charge on any atom is -0.355 e. The van der Waals surface area contributed by atoms with Crippen LogP contribution in [0, 0.1) is 12.3 Å². The molecule has 0 spiro atoms. The minimum atomic E-state index is 0. The molecule has 0 heterocycles. The van der Waals surface area contributed by atoms with E-state index >= 15 is 0 Å². The Hall–Kier alpha value is -0.0400. The smallest absolute Gasteiger partial charge is 0.229 e. The van der Waals surface area contributed by atoms with E-state index in [0.717, 1.165) is 38.8 Å². The largest absolute Gasteiger partial charge is 0.355 e. The number of terminal acetylenes is 1. The Morgan fingerprint density at radius 3 is 1.77 bits per heavy atom. The van der Waals surface area contributed by atoms with E-state index in [1.165, 1.54) is 12.8 Å². The van der Waals surface area contributed by atoms with Gasteiger partial charge in [0.15, 0.2) is 0 Å². The number of rotatable bonds is 10. The first-order valence-corrected chi connectivity index (χ1v) is 10.3. The van der Waals surface area contributed by atoms with Crippen molar-refractivity contribution in [3.8, 4) is 12.3 Å². The fourth-order valence-corrected chi connectivity index (χ4v) is 1.82. The van der Waals surface area contributed by atoms with Crippen molar-refractivity contribution in [2.75, 3.05) is 21.9 Å². The Labute approximate surface area is 163 Å². The zero-order chi connectivity index (χ0) is 16.3. The quantitative estimate of drug-likeness (QED) is 0.194. The van der Waals surface area contributed by atoms with Crippen molar-refractivity contribution in [2.45, 2.75) is 52.9 Å². The molecular weight excluding hydrogens is 506 g/mol. The minimum absolute atomic E-state index is 0. The first kappa shape index (κ1) is 26.8. The molecule has 0 bridgehead atoms. The standard InChI is InChI=1S/C8H12INO.C7H14INO.CH4/c1-2-3-4-5-6-10-8(11)7-9;1-2-3-4-5-9-7(10)6-8;/h1H,3-7H2,(H,10,11);2-6H2,1H3,(H,9,10);1H4. The monoisotopic (exact) mass is 536 g/mol. The van der Waals surface area contributed by atoms with Gasteiger partial charge >= 0.3 is 0 Å². The molecule has 0 aromatic rings.